The molecule has 0 radical (unpaired) electrons. The van der Waals surface area contributed by atoms with E-state index in [2.05, 4.69) is 9.97 Å². The lowest BCUT2D eigenvalue weighted by molar-refractivity contribution is -0.137. The number of rotatable bonds is 2. The molecule has 0 N–H and O–H groups in total. The molecule has 3 aromatic rings. The first-order valence-electron chi connectivity index (χ1n) is 6.84. The highest BCUT2D eigenvalue weighted by atomic mass is 35.6. The maximum Gasteiger partial charge on any atom is 0.416 e. The summed E-state index contributed by atoms with van der Waals surface area (Å²) in [5, 5.41) is 1.06. The van der Waals surface area contributed by atoms with E-state index in [0.29, 0.717) is 20.8 Å². The third kappa shape index (κ3) is 4.31. The number of benzene rings is 2. The molecule has 130 valence electrons. The summed E-state index contributed by atoms with van der Waals surface area (Å²) in [5.74, 6) is -0.0364. The highest BCUT2D eigenvalue weighted by Gasteiger charge is 2.31. The van der Waals surface area contributed by atoms with Crippen molar-refractivity contribution < 1.29 is 13.2 Å². The normalized spacial score (nSPS) is 12.6. The fourth-order valence-electron chi connectivity index (χ4n) is 2.10. The highest BCUT2D eigenvalue weighted by Crippen LogP contribution is 2.40. The topological polar surface area (TPSA) is 25.8 Å². The maximum atomic E-state index is 12.9. The third-order valence-corrected chi connectivity index (χ3v) is 4.70. The van der Waals surface area contributed by atoms with Crippen molar-refractivity contribution in [3.05, 3.63) is 59.9 Å². The third-order valence-electron chi connectivity index (χ3n) is 3.20. The number of alkyl halides is 6. The summed E-state index contributed by atoms with van der Waals surface area (Å²) in [4.78, 5) is 8.81. The monoisotopic (exact) mass is 422 g/mol. The number of hydrogen-bond acceptors (Lipinski definition) is 3. The second kappa shape index (κ2) is 6.83. The number of aromatic nitrogens is 2. The molecule has 0 bridgehead atoms. The van der Waals surface area contributed by atoms with Crippen molar-refractivity contribution in [1.82, 2.24) is 9.97 Å². The van der Waals surface area contributed by atoms with Gasteiger partial charge in [0.2, 0.25) is 3.79 Å². The zero-order valence-electron chi connectivity index (χ0n) is 12.2. The summed E-state index contributed by atoms with van der Waals surface area (Å²) in [6.07, 6.45) is -4.42. The van der Waals surface area contributed by atoms with E-state index >= 15 is 0 Å². The van der Waals surface area contributed by atoms with E-state index in [0.717, 1.165) is 23.9 Å². The average molecular weight is 424 g/mol. The molecule has 0 aliphatic heterocycles. The van der Waals surface area contributed by atoms with E-state index in [1.54, 1.807) is 30.3 Å². The minimum Gasteiger partial charge on any atom is -0.228 e. The molecule has 0 saturated heterocycles. The molecule has 2 aromatic carbocycles. The molecule has 0 atom stereocenters. The Hall–Kier alpha value is -1.21. The Balaban J connectivity index is 2.09. The summed E-state index contributed by atoms with van der Waals surface area (Å²) in [5.41, 5.74) is -0.203. The molecule has 0 saturated carbocycles. The van der Waals surface area contributed by atoms with Gasteiger partial charge in [0.15, 0.2) is 5.82 Å². The van der Waals surface area contributed by atoms with Gasteiger partial charge < -0.3 is 0 Å². The molecule has 0 aliphatic rings. The lowest BCUT2D eigenvalue weighted by atomic mass is 10.2. The molecule has 2 nitrogen and oxygen atoms in total. The molecular weight excluding hydrogens is 416 g/mol. The lowest BCUT2D eigenvalue weighted by Gasteiger charge is -2.13. The van der Waals surface area contributed by atoms with Crippen LogP contribution >= 0.6 is 46.6 Å². The van der Waals surface area contributed by atoms with Crippen molar-refractivity contribution >= 4 is 57.5 Å². The Kier molecular flexibility index (Phi) is 5.08. The first-order chi connectivity index (χ1) is 11.6. The molecule has 0 fully saturated rings. The van der Waals surface area contributed by atoms with Gasteiger partial charge in [0, 0.05) is 10.3 Å². The van der Waals surface area contributed by atoms with Gasteiger partial charge in [-0.1, -0.05) is 70.8 Å². The summed E-state index contributed by atoms with van der Waals surface area (Å²) in [6.45, 7) is 0. The summed E-state index contributed by atoms with van der Waals surface area (Å²) in [7, 11) is 0. The van der Waals surface area contributed by atoms with Crippen molar-refractivity contribution in [2.45, 2.75) is 19.9 Å². The van der Waals surface area contributed by atoms with Gasteiger partial charge >= 0.3 is 6.18 Å². The van der Waals surface area contributed by atoms with Gasteiger partial charge in [0.05, 0.1) is 11.1 Å². The Morgan fingerprint density at radius 3 is 2.28 bits per heavy atom. The van der Waals surface area contributed by atoms with Gasteiger partial charge in [-0.15, -0.1) is 0 Å². The van der Waals surface area contributed by atoms with Crippen molar-refractivity contribution in [3.63, 3.8) is 0 Å². The van der Waals surface area contributed by atoms with Crippen molar-refractivity contribution in [2.75, 3.05) is 0 Å². The average Bonchev–Trinajstić information content (AvgIpc) is 2.53. The van der Waals surface area contributed by atoms with E-state index < -0.39 is 15.5 Å². The number of para-hydroxylation sites is 1. The van der Waals surface area contributed by atoms with Crippen LogP contribution < -0.4 is 0 Å². The smallest absolute Gasteiger partial charge is 0.228 e. The van der Waals surface area contributed by atoms with Crippen LogP contribution in [-0.4, -0.2) is 9.97 Å². The van der Waals surface area contributed by atoms with E-state index in [9.17, 15) is 13.2 Å². The fourth-order valence-corrected chi connectivity index (χ4v) is 3.32. The zero-order valence-corrected chi connectivity index (χ0v) is 15.3. The Morgan fingerprint density at radius 2 is 1.60 bits per heavy atom. The predicted octanol–water partition coefficient (Wildman–Crippen LogP) is 6.63. The minimum atomic E-state index is -4.42. The van der Waals surface area contributed by atoms with Crippen molar-refractivity contribution in [3.8, 4) is 0 Å². The van der Waals surface area contributed by atoms with Gasteiger partial charge in [-0.3, -0.25) is 0 Å². The quantitative estimate of drug-likeness (QED) is 0.342. The van der Waals surface area contributed by atoms with Crippen LogP contribution in [0.5, 0.6) is 0 Å². The maximum absolute atomic E-state index is 12.9. The number of fused-ring (bicyclic) bond motifs is 1. The van der Waals surface area contributed by atoms with E-state index in [-0.39, 0.29) is 5.82 Å². The SMILES string of the molecule is FC(F)(F)c1cccc(Sc2nc(C(Cl)(Cl)Cl)nc3ccccc23)c1. The number of halogens is 6. The Labute approximate surface area is 160 Å². The van der Waals surface area contributed by atoms with Gasteiger partial charge in [-0.2, -0.15) is 13.2 Å². The minimum absolute atomic E-state index is 0.0364. The van der Waals surface area contributed by atoms with Gasteiger partial charge in [-0.05, 0) is 24.3 Å². The second-order valence-corrected chi connectivity index (χ2v) is 8.34. The van der Waals surface area contributed by atoms with Crippen LogP contribution in [0.25, 0.3) is 10.9 Å². The second-order valence-electron chi connectivity index (χ2n) is 4.99. The van der Waals surface area contributed by atoms with Crippen LogP contribution in [0.4, 0.5) is 13.2 Å². The molecule has 3 rings (SSSR count). The fraction of sp³-hybridized carbons (Fsp3) is 0.125. The molecule has 0 spiro atoms. The molecule has 0 aliphatic carbocycles. The molecule has 25 heavy (non-hydrogen) atoms. The first-order valence-corrected chi connectivity index (χ1v) is 8.79. The van der Waals surface area contributed by atoms with Crippen molar-refractivity contribution in [1.29, 1.82) is 0 Å². The Morgan fingerprint density at radius 1 is 0.880 bits per heavy atom. The molecule has 1 heterocycles. The van der Waals surface area contributed by atoms with Gasteiger partial charge in [0.1, 0.15) is 5.03 Å². The summed E-state index contributed by atoms with van der Waals surface area (Å²) >= 11 is 18.7. The largest absolute Gasteiger partial charge is 0.416 e. The molecular formula is C16H8Cl3F3N2S. The van der Waals surface area contributed by atoms with Crippen LogP contribution in [0.2, 0.25) is 0 Å². The van der Waals surface area contributed by atoms with Crippen LogP contribution in [0.1, 0.15) is 11.4 Å². The van der Waals surface area contributed by atoms with Crippen molar-refractivity contribution in [2.24, 2.45) is 0 Å². The molecule has 1 aromatic heterocycles. The molecule has 9 heteroatoms. The van der Waals surface area contributed by atoms with E-state index in [1.807, 2.05) is 0 Å². The van der Waals surface area contributed by atoms with Crippen LogP contribution in [0.15, 0.2) is 58.5 Å². The van der Waals surface area contributed by atoms with Gasteiger partial charge in [-0.25, -0.2) is 9.97 Å². The molecule has 0 amide bonds. The Bertz CT molecular complexity index is 926. The highest BCUT2D eigenvalue weighted by molar-refractivity contribution is 7.99. The van der Waals surface area contributed by atoms with E-state index in [1.165, 1.54) is 6.07 Å². The first kappa shape index (κ1) is 18.6. The van der Waals surface area contributed by atoms with Crippen LogP contribution in [0, 0.1) is 0 Å². The zero-order chi connectivity index (χ0) is 18.2. The summed E-state index contributed by atoms with van der Waals surface area (Å²) in [6, 6.07) is 12.0. The van der Waals surface area contributed by atoms with Gasteiger partial charge in [0.25, 0.3) is 0 Å². The number of hydrogen-bond donors (Lipinski definition) is 0. The lowest BCUT2D eigenvalue weighted by Crippen LogP contribution is -2.08. The number of nitrogens with zero attached hydrogens (tertiary/aromatic N) is 2. The van der Waals surface area contributed by atoms with Crippen LogP contribution in [0.3, 0.4) is 0 Å². The molecule has 0 unspecified atom stereocenters. The predicted molar refractivity (Wildman–Crippen MR) is 94.3 cm³/mol. The van der Waals surface area contributed by atoms with Crippen LogP contribution in [-0.2, 0) is 9.97 Å². The van der Waals surface area contributed by atoms with E-state index in [4.69, 9.17) is 34.8 Å². The standard InChI is InChI=1S/C16H8Cl3F3N2S/c17-15(18,19)14-23-12-7-2-1-6-11(12)13(24-14)25-10-5-3-4-9(8-10)16(20,21)22/h1-8H. The summed E-state index contributed by atoms with van der Waals surface area (Å²) < 4.78 is 36.8.